The Kier molecular flexibility index (Phi) is 2.78. The largest absolute Gasteiger partial charge is 0.325 e. The van der Waals surface area contributed by atoms with Gasteiger partial charge >= 0.3 is 0 Å². The molecule has 80 valence electrons. The normalized spacial score (nSPS) is 20.5. The van der Waals surface area contributed by atoms with Crippen molar-refractivity contribution in [3.05, 3.63) is 28.0 Å². The second-order valence-corrected chi connectivity index (χ2v) is 4.76. The van der Waals surface area contributed by atoms with Gasteiger partial charge in [-0.2, -0.15) is 0 Å². The molecular formula is C11H11BrFNO. The van der Waals surface area contributed by atoms with Gasteiger partial charge in [-0.1, -0.05) is 22.9 Å². The first-order chi connectivity index (χ1) is 7.08. The summed E-state index contributed by atoms with van der Waals surface area (Å²) in [6.07, 6.45) is 1.30. The summed E-state index contributed by atoms with van der Waals surface area (Å²) in [6, 6.07) is 3.18. The van der Waals surface area contributed by atoms with Crippen molar-refractivity contribution in [2.45, 2.75) is 19.8 Å². The summed E-state index contributed by atoms with van der Waals surface area (Å²) in [6.45, 7) is 1.86. The van der Waals surface area contributed by atoms with Crippen molar-refractivity contribution in [1.29, 1.82) is 0 Å². The summed E-state index contributed by atoms with van der Waals surface area (Å²) in [4.78, 5) is 11.6. The molecule has 0 aliphatic carbocycles. The number of rotatable bonds is 0. The molecule has 0 aromatic heterocycles. The third-order valence-corrected chi connectivity index (χ3v) is 3.15. The van der Waals surface area contributed by atoms with Crippen LogP contribution in [0.4, 0.5) is 10.1 Å². The summed E-state index contributed by atoms with van der Waals surface area (Å²) in [5.41, 5.74) is 1.20. The Morgan fingerprint density at radius 3 is 3.00 bits per heavy atom. The Labute approximate surface area is 96.0 Å². The molecule has 1 amide bonds. The number of hydrogen-bond acceptors (Lipinski definition) is 1. The van der Waals surface area contributed by atoms with Crippen LogP contribution in [0.3, 0.4) is 0 Å². The highest BCUT2D eigenvalue weighted by atomic mass is 79.9. The Bertz CT molecular complexity index is 419. The standard InChI is InChI=1S/C11H11BrFNO/c1-6-2-3-8-9(13)4-7(12)5-10(8)14-11(6)15/h4-6H,2-3H2,1H3,(H,14,15). The Hall–Kier alpha value is -0.900. The molecule has 0 spiro atoms. The lowest BCUT2D eigenvalue weighted by molar-refractivity contribution is -0.119. The van der Waals surface area contributed by atoms with E-state index in [2.05, 4.69) is 21.2 Å². The molecule has 1 aliphatic heterocycles. The van der Waals surface area contributed by atoms with E-state index >= 15 is 0 Å². The van der Waals surface area contributed by atoms with Gasteiger partial charge < -0.3 is 5.32 Å². The van der Waals surface area contributed by atoms with Crippen LogP contribution in [0.1, 0.15) is 18.9 Å². The molecule has 1 aromatic rings. The van der Waals surface area contributed by atoms with Crippen LogP contribution in [0.15, 0.2) is 16.6 Å². The Morgan fingerprint density at radius 2 is 2.27 bits per heavy atom. The van der Waals surface area contributed by atoms with Crippen molar-refractivity contribution in [3.8, 4) is 0 Å². The molecule has 0 saturated heterocycles. The molecule has 1 N–H and O–H groups in total. The maximum absolute atomic E-state index is 13.6. The quantitative estimate of drug-likeness (QED) is 0.772. The number of hydrogen-bond donors (Lipinski definition) is 1. The first-order valence-electron chi connectivity index (χ1n) is 4.86. The maximum Gasteiger partial charge on any atom is 0.227 e. The summed E-state index contributed by atoms with van der Waals surface area (Å²) < 4.78 is 14.2. The molecule has 0 radical (unpaired) electrons. The van der Waals surface area contributed by atoms with E-state index in [4.69, 9.17) is 0 Å². The van der Waals surface area contributed by atoms with Crippen molar-refractivity contribution < 1.29 is 9.18 Å². The van der Waals surface area contributed by atoms with Crippen molar-refractivity contribution in [3.63, 3.8) is 0 Å². The maximum atomic E-state index is 13.6. The van der Waals surface area contributed by atoms with Crippen molar-refractivity contribution in [1.82, 2.24) is 0 Å². The van der Waals surface area contributed by atoms with Crippen LogP contribution in [0.2, 0.25) is 0 Å². The van der Waals surface area contributed by atoms with Gasteiger partial charge in [0.2, 0.25) is 5.91 Å². The minimum absolute atomic E-state index is 0.0359. The second kappa shape index (κ2) is 3.93. The lowest BCUT2D eigenvalue weighted by Gasteiger charge is -2.08. The number of carbonyl (C=O) groups excluding carboxylic acids is 1. The molecule has 1 atom stereocenters. The SMILES string of the molecule is CC1CCc2c(F)cc(Br)cc2NC1=O. The number of halogens is 2. The second-order valence-electron chi connectivity index (χ2n) is 3.84. The van der Waals surface area contributed by atoms with Crippen LogP contribution in [0, 0.1) is 11.7 Å². The summed E-state index contributed by atoms with van der Waals surface area (Å²) in [7, 11) is 0. The van der Waals surface area contributed by atoms with Crippen LogP contribution in [-0.2, 0) is 11.2 Å². The van der Waals surface area contributed by atoms with Crippen molar-refractivity contribution in [2.24, 2.45) is 5.92 Å². The lowest BCUT2D eigenvalue weighted by Crippen LogP contribution is -2.18. The van der Waals surface area contributed by atoms with Crippen LogP contribution >= 0.6 is 15.9 Å². The van der Waals surface area contributed by atoms with Gasteiger partial charge in [-0.25, -0.2) is 4.39 Å². The molecule has 0 bridgehead atoms. The zero-order chi connectivity index (χ0) is 11.0. The number of fused-ring (bicyclic) bond motifs is 1. The van der Waals surface area contributed by atoms with E-state index < -0.39 is 0 Å². The molecule has 4 heteroatoms. The van der Waals surface area contributed by atoms with E-state index in [0.29, 0.717) is 28.6 Å². The van der Waals surface area contributed by atoms with Crippen molar-refractivity contribution >= 4 is 27.5 Å². The molecule has 2 rings (SSSR count). The molecule has 0 fully saturated rings. The highest BCUT2D eigenvalue weighted by molar-refractivity contribution is 9.10. The molecule has 1 aromatic carbocycles. The minimum atomic E-state index is -0.256. The van der Waals surface area contributed by atoms with Gasteiger partial charge in [0.15, 0.2) is 0 Å². The average molecular weight is 272 g/mol. The predicted molar refractivity (Wildman–Crippen MR) is 60.2 cm³/mol. The third-order valence-electron chi connectivity index (χ3n) is 2.69. The number of amides is 1. The van der Waals surface area contributed by atoms with Crippen LogP contribution in [0.5, 0.6) is 0 Å². The minimum Gasteiger partial charge on any atom is -0.325 e. The van der Waals surface area contributed by atoms with E-state index in [0.717, 1.165) is 0 Å². The van der Waals surface area contributed by atoms with Crippen molar-refractivity contribution in [2.75, 3.05) is 5.32 Å². The average Bonchev–Trinajstić information content (AvgIpc) is 2.27. The van der Waals surface area contributed by atoms with Crippen LogP contribution in [0.25, 0.3) is 0 Å². The van der Waals surface area contributed by atoms with Crippen LogP contribution in [-0.4, -0.2) is 5.91 Å². The molecule has 1 aliphatic rings. The van der Waals surface area contributed by atoms with E-state index in [1.807, 2.05) is 6.92 Å². The number of benzene rings is 1. The summed E-state index contributed by atoms with van der Waals surface area (Å²) in [5, 5.41) is 2.74. The molecule has 1 heterocycles. The number of carbonyl (C=O) groups is 1. The number of anilines is 1. The Morgan fingerprint density at radius 1 is 1.53 bits per heavy atom. The molecular weight excluding hydrogens is 261 g/mol. The van der Waals surface area contributed by atoms with Gasteiger partial charge in [-0.3, -0.25) is 4.79 Å². The first-order valence-corrected chi connectivity index (χ1v) is 5.66. The first kappa shape index (κ1) is 10.6. The lowest BCUT2D eigenvalue weighted by atomic mass is 10.0. The summed E-state index contributed by atoms with van der Waals surface area (Å²) in [5.74, 6) is -0.351. The fourth-order valence-electron chi connectivity index (χ4n) is 1.72. The zero-order valence-corrected chi connectivity index (χ0v) is 9.90. The zero-order valence-electron chi connectivity index (χ0n) is 8.31. The van der Waals surface area contributed by atoms with Gasteiger partial charge in [0.05, 0.1) is 0 Å². The predicted octanol–water partition coefficient (Wildman–Crippen LogP) is 3.11. The molecule has 15 heavy (non-hydrogen) atoms. The number of nitrogens with one attached hydrogen (secondary N) is 1. The monoisotopic (exact) mass is 271 g/mol. The van der Waals surface area contributed by atoms with E-state index in [-0.39, 0.29) is 17.6 Å². The van der Waals surface area contributed by atoms with Gasteiger partial charge in [0.25, 0.3) is 0 Å². The van der Waals surface area contributed by atoms with Gasteiger partial charge in [0.1, 0.15) is 5.82 Å². The molecule has 1 unspecified atom stereocenters. The van der Waals surface area contributed by atoms with Gasteiger partial charge in [-0.05, 0) is 25.0 Å². The van der Waals surface area contributed by atoms with E-state index in [1.54, 1.807) is 6.07 Å². The van der Waals surface area contributed by atoms with Gasteiger partial charge in [-0.15, -0.1) is 0 Å². The summed E-state index contributed by atoms with van der Waals surface area (Å²) >= 11 is 3.21. The highest BCUT2D eigenvalue weighted by Gasteiger charge is 2.21. The van der Waals surface area contributed by atoms with Crippen LogP contribution < -0.4 is 5.32 Å². The molecule has 0 saturated carbocycles. The van der Waals surface area contributed by atoms with E-state index in [1.165, 1.54) is 6.07 Å². The Balaban J connectivity index is 2.47. The molecule has 2 nitrogen and oxygen atoms in total. The fourth-order valence-corrected chi connectivity index (χ4v) is 2.15. The smallest absolute Gasteiger partial charge is 0.227 e. The highest BCUT2D eigenvalue weighted by Crippen LogP contribution is 2.29. The van der Waals surface area contributed by atoms with E-state index in [9.17, 15) is 9.18 Å². The topological polar surface area (TPSA) is 29.1 Å². The third kappa shape index (κ3) is 2.04. The fraction of sp³-hybridized carbons (Fsp3) is 0.364. The van der Waals surface area contributed by atoms with Gasteiger partial charge in [0, 0.05) is 21.6 Å².